The van der Waals surface area contributed by atoms with Crippen molar-refractivity contribution < 1.29 is 9.85 Å². The second kappa shape index (κ2) is 9.36. The van der Waals surface area contributed by atoms with E-state index in [1.165, 1.54) is 6.07 Å². The summed E-state index contributed by atoms with van der Waals surface area (Å²) < 4.78 is 1.08. The summed E-state index contributed by atoms with van der Waals surface area (Å²) in [6.07, 6.45) is 6.62. The summed E-state index contributed by atoms with van der Waals surface area (Å²) in [7, 11) is 0. The van der Waals surface area contributed by atoms with Crippen LogP contribution in [0.25, 0.3) is 0 Å². The molecule has 1 aliphatic heterocycles. The molecule has 0 spiro atoms. The standard InChI is InChI=1S/C22H18Cl2IN3O4/c23-17-7-1-13(11-21(17)27(29)30)19-9-10-20(26(19)16-5-3-15(25)4-6-16)14-2-8-18(24)22(12-14)28(31)32/h1-8,11-12,17,19-21H,9-10H2/t17?,19?,20-,21?/m1/s1. The van der Waals surface area contributed by atoms with E-state index in [0.717, 1.165) is 33.2 Å². The number of rotatable bonds is 5. The van der Waals surface area contributed by atoms with Gasteiger partial charge in [-0.05, 0) is 83.0 Å². The van der Waals surface area contributed by atoms with E-state index in [1.54, 1.807) is 18.2 Å². The summed E-state index contributed by atoms with van der Waals surface area (Å²) in [5.41, 5.74) is 2.41. The highest BCUT2D eigenvalue weighted by molar-refractivity contribution is 14.1. The lowest BCUT2D eigenvalue weighted by molar-refractivity contribution is -0.507. The number of hydrogen-bond donors (Lipinski definition) is 0. The van der Waals surface area contributed by atoms with Gasteiger partial charge in [-0.15, -0.1) is 11.6 Å². The van der Waals surface area contributed by atoms with Gasteiger partial charge in [0, 0.05) is 20.2 Å². The third-order valence-electron chi connectivity index (χ3n) is 5.85. The first-order valence-corrected chi connectivity index (χ1v) is 11.8. The van der Waals surface area contributed by atoms with Crippen LogP contribution in [0.15, 0.2) is 66.3 Å². The predicted molar refractivity (Wildman–Crippen MR) is 133 cm³/mol. The summed E-state index contributed by atoms with van der Waals surface area (Å²) in [6.45, 7) is 0. The first kappa shape index (κ1) is 23.0. The van der Waals surface area contributed by atoms with Crippen molar-refractivity contribution >= 4 is 57.2 Å². The fraction of sp³-hybridized carbons (Fsp3) is 0.273. The number of hydrogen-bond acceptors (Lipinski definition) is 5. The third-order valence-corrected chi connectivity index (χ3v) is 7.29. The third kappa shape index (κ3) is 4.49. The fourth-order valence-corrected chi connectivity index (χ4v) is 5.16. The SMILES string of the molecule is O=[N+]([O-])c1cc([C@H]2CCC(C3=CC([N+](=O)[O-])C(Cl)C=C3)N2c2ccc(I)cc2)ccc1Cl. The average Bonchev–Trinajstić information content (AvgIpc) is 3.19. The van der Waals surface area contributed by atoms with Crippen molar-refractivity contribution in [2.45, 2.75) is 36.3 Å². The van der Waals surface area contributed by atoms with Gasteiger partial charge < -0.3 is 4.90 Å². The summed E-state index contributed by atoms with van der Waals surface area (Å²) >= 11 is 14.4. The molecule has 0 radical (unpaired) electrons. The Kier molecular flexibility index (Phi) is 6.73. The normalized spacial score (nSPS) is 25.0. The Balaban J connectivity index is 1.77. The molecule has 1 heterocycles. The van der Waals surface area contributed by atoms with Gasteiger partial charge in [-0.25, -0.2) is 0 Å². The Morgan fingerprint density at radius 2 is 1.72 bits per heavy atom. The van der Waals surface area contributed by atoms with Gasteiger partial charge in [-0.2, -0.15) is 0 Å². The number of nitro groups is 2. The van der Waals surface area contributed by atoms with Gasteiger partial charge in [-0.3, -0.25) is 20.2 Å². The molecule has 4 rings (SSSR count). The highest BCUT2D eigenvalue weighted by atomic mass is 127. The van der Waals surface area contributed by atoms with E-state index in [4.69, 9.17) is 23.2 Å². The van der Waals surface area contributed by atoms with Crippen LogP contribution in [0.5, 0.6) is 0 Å². The predicted octanol–water partition coefficient (Wildman–Crippen LogP) is 6.31. The second-order valence-corrected chi connectivity index (χ2v) is 9.86. The molecule has 1 saturated heterocycles. The number of anilines is 1. The average molecular weight is 586 g/mol. The van der Waals surface area contributed by atoms with Crippen LogP contribution < -0.4 is 4.90 Å². The molecule has 10 heteroatoms. The summed E-state index contributed by atoms with van der Waals surface area (Å²) in [5.74, 6) is 0. The van der Waals surface area contributed by atoms with Crippen LogP contribution in [0.3, 0.4) is 0 Å². The van der Waals surface area contributed by atoms with Crippen molar-refractivity contribution in [3.8, 4) is 0 Å². The van der Waals surface area contributed by atoms with Gasteiger partial charge in [-0.1, -0.05) is 29.8 Å². The Hall–Kier alpha value is -2.17. The summed E-state index contributed by atoms with van der Waals surface area (Å²) in [4.78, 5) is 24.2. The van der Waals surface area contributed by atoms with Crippen LogP contribution in [0.1, 0.15) is 24.4 Å². The van der Waals surface area contributed by atoms with Gasteiger partial charge in [0.1, 0.15) is 10.4 Å². The maximum Gasteiger partial charge on any atom is 0.288 e. The maximum absolute atomic E-state index is 11.5. The molecule has 2 aliphatic rings. The lowest BCUT2D eigenvalue weighted by Crippen LogP contribution is -2.36. The first-order valence-electron chi connectivity index (χ1n) is 9.91. The molecule has 32 heavy (non-hydrogen) atoms. The topological polar surface area (TPSA) is 89.5 Å². The van der Waals surface area contributed by atoms with Crippen LogP contribution >= 0.6 is 45.8 Å². The van der Waals surface area contributed by atoms with Gasteiger partial charge >= 0.3 is 0 Å². The van der Waals surface area contributed by atoms with E-state index in [-0.39, 0.29) is 27.7 Å². The van der Waals surface area contributed by atoms with Gasteiger partial charge in [0.25, 0.3) is 11.7 Å². The molecule has 0 amide bonds. The Morgan fingerprint density at radius 3 is 2.38 bits per heavy atom. The summed E-state index contributed by atoms with van der Waals surface area (Å²) in [6, 6.07) is 11.6. The van der Waals surface area contributed by atoms with Crippen molar-refractivity contribution in [2.24, 2.45) is 0 Å². The molecular formula is C22H18Cl2IN3O4. The Bertz CT molecular complexity index is 1120. The highest BCUT2D eigenvalue weighted by Crippen LogP contribution is 2.44. The van der Waals surface area contributed by atoms with Crippen molar-refractivity contribution in [2.75, 3.05) is 4.90 Å². The molecular weight excluding hydrogens is 568 g/mol. The van der Waals surface area contributed by atoms with Crippen molar-refractivity contribution in [3.63, 3.8) is 0 Å². The second-order valence-electron chi connectivity index (χ2n) is 7.71. The van der Waals surface area contributed by atoms with E-state index in [9.17, 15) is 20.2 Å². The minimum Gasteiger partial charge on any atom is -0.357 e. The zero-order valence-electron chi connectivity index (χ0n) is 16.6. The first-order chi connectivity index (χ1) is 15.3. The molecule has 3 unspecified atom stereocenters. The van der Waals surface area contributed by atoms with Crippen LogP contribution in [0.4, 0.5) is 11.4 Å². The zero-order chi connectivity index (χ0) is 23.0. The summed E-state index contributed by atoms with van der Waals surface area (Å²) in [5, 5.41) is 22.3. The molecule has 2 aromatic carbocycles. The zero-order valence-corrected chi connectivity index (χ0v) is 20.3. The molecule has 0 aromatic heterocycles. The maximum atomic E-state index is 11.5. The van der Waals surface area contributed by atoms with E-state index in [2.05, 4.69) is 27.5 Å². The van der Waals surface area contributed by atoms with Gasteiger partial charge in [0.15, 0.2) is 0 Å². The fourth-order valence-electron chi connectivity index (χ4n) is 4.38. The smallest absolute Gasteiger partial charge is 0.288 e. The Morgan fingerprint density at radius 1 is 1.03 bits per heavy atom. The lowest BCUT2D eigenvalue weighted by atomic mass is 9.95. The molecule has 1 fully saturated rings. The monoisotopic (exact) mass is 585 g/mol. The number of alkyl halides is 1. The molecule has 2 aromatic rings. The van der Waals surface area contributed by atoms with E-state index < -0.39 is 16.3 Å². The van der Waals surface area contributed by atoms with Crippen molar-refractivity contribution in [1.29, 1.82) is 0 Å². The minimum atomic E-state index is -0.995. The van der Waals surface area contributed by atoms with E-state index >= 15 is 0 Å². The number of halogens is 3. The van der Waals surface area contributed by atoms with Gasteiger partial charge in [0.05, 0.1) is 17.0 Å². The van der Waals surface area contributed by atoms with Crippen LogP contribution in [0.2, 0.25) is 5.02 Å². The molecule has 4 atom stereocenters. The van der Waals surface area contributed by atoms with E-state index in [0.29, 0.717) is 0 Å². The molecule has 0 bridgehead atoms. The molecule has 7 nitrogen and oxygen atoms in total. The van der Waals surface area contributed by atoms with Crippen molar-refractivity contribution in [1.82, 2.24) is 0 Å². The lowest BCUT2D eigenvalue weighted by Gasteiger charge is -2.34. The molecule has 0 N–H and O–H groups in total. The largest absolute Gasteiger partial charge is 0.357 e. The molecule has 0 saturated carbocycles. The van der Waals surface area contributed by atoms with Crippen LogP contribution in [-0.4, -0.2) is 27.3 Å². The highest BCUT2D eigenvalue weighted by Gasteiger charge is 2.39. The quantitative estimate of drug-likeness (QED) is 0.177. The Labute approximate surface area is 208 Å². The number of benzene rings is 2. The molecule has 1 aliphatic carbocycles. The number of nitro benzene ring substituents is 1. The van der Waals surface area contributed by atoms with E-state index in [1.807, 2.05) is 36.4 Å². The number of nitrogens with zero attached hydrogens (tertiary/aromatic N) is 3. The minimum absolute atomic E-state index is 0.0917. The van der Waals surface area contributed by atoms with Crippen LogP contribution in [0, 0.1) is 23.8 Å². The van der Waals surface area contributed by atoms with Gasteiger partial charge in [0.2, 0.25) is 0 Å². The van der Waals surface area contributed by atoms with Crippen molar-refractivity contribution in [3.05, 3.63) is 101 Å². The van der Waals surface area contributed by atoms with Crippen LogP contribution in [-0.2, 0) is 0 Å². The molecule has 166 valence electrons.